The fourth-order valence-electron chi connectivity index (χ4n) is 1.19. The maximum absolute atomic E-state index is 5.38. The van der Waals surface area contributed by atoms with E-state index in [1.807, 2.05) is 6.92 Å². The van der Waals surface area contributed by atoms with E-state index in [0.29, 0.717) is 13.2 Å². The summed E-state index contributed by atoms with van der Waals surface area (Å²) in [5, 5.41) is 0. The van der Waals surface area contributed by atoms with Gasteiger partial charge in [-0.2, -0.15) is 0 Å². The van der Waals surface area contributed by atoms with Crippen molar-refractivity contribution in [2.24, 2.45) is 0 Å². The van der Waals surface area contributed by atoms with Crippen LogP contribution in [0.15, 0.2) is 12.2 Å². The van der Waals surface area contributed by atoms with E-state index < -0.39 is 8.80 Å². The SMILES string of the molecule is C=C(C)COCCC[Si](OC)(OC)OC.[SiH4]. The Hall–Kier alpha value is 0.0138. The van der Waals surface area contributed by atoms with Gasteiger partial charge in [0.05, 0.1) is 6.61 Å². The molecule has 0 aromatic rings. The molecule has 0 rings (SSSR count). The quantitative estimate of drug-likeness (QED) is 0.344. The molecule has 0 aromatic carbocycles. The maximum Gasteiger partial charge on any atom is 0.500 e. The smallest absolute Gasteiger partial charge is 0.377 e. The van der Waals surface area contributed by atoms with E-state index in [1.54, 1.807) is 21.3 Å². The van der Waals surface area contributed by atoms with Gasteiger partial charge in [0, 0.05) is 34.0 Å². The van der Waals surface area contributed by atoms with Crippen molar-refractivity contribution in [1.29, 1.82) is 0 Å². The molecule has 0 amide bonds. The fourth-order valence-corrected chi connectivity index (χ4v) is 2.88. The first-order valence-corrected chi connectivity index (χ1v) is 6.91. The van der Waals surface area contributed by atoms with Crippen molar-refractivity contribution in [2.45, 2.75) is 19.4 Å². The molecule has 0 aliphatic rings. The van der Waals surface area contributed by atoms with Crippen LogP contribution in [0, 0.1) is 0 Å². The van der Waals surface area contributed by atoms with E-state index in [-0.39, 0.29) is 11.0 Å². The lowest BCUT2D eigenvalue weighted by atomic mass is 10.4. The number of hydrogen-bond acceptors (Lipinski definition) is 4. The van der Waals surface area contributed by atoms with Crippen molar-refractivity contribution < 1.29 is 18.0 Å². The Morgan fingerprint density at radius 2 is 1.62 bits per heavy atom. The fraction of sp³-hybridized carbons (Fsp3) is 0.800. The van der Waals surface area contributed by atoms with E-state index in [9.17, 15) is 0 Å². The molecule has 0 spiro atoms. The Balaban J connectivity index is 0. The summed E-state index contributed by atoms with van der Waals surface area (Å²) in [6.45, 7) is 6.99. The van der Waals surface area contributed by atoms with Crippen molar-refractivity contribution in [1.82, 2.24) is 0 Å². The normalized spacial score (nSPS) is 11.0. The molecule has 0 aromatic heterocycles. The molecule has 0 saturated carbocycles. The van der Waals surface area contributed by atoms with Crippen molar-refractivity contribution >= 4 is 19.8 Å². The third-order valence-electron chi connectivity index (χ3n) is 2.05. The van der Waals surface area contributed by atoms with Crippen LogP contribution in [-0.4, -0.2) is 54.3 Å². The molecular weight excluding hydrogens is 240 g/mol. The van der Waals surface area contributed by atoms with E-state index in [2.05, 4.69) is 6.58 Å². The minimum Gasteiger partial charge on any atom is -0.377 e. The molecule has 98 valence electrons. The second-order valence-electron chi connectivity index (χ2n) is 3.41. The van der Waals surface area contributed by atoms with E-state index in [0.717, 1.165) is 18.0 Å². The van der Waals surface area contributed by atoms with Crippen molar-refractivity contribution in [3.63, 3.8) is 0 Å². The minimum atomic E-state index is -2.40. The van der Waals surface area contributed by atoms with Gasteiger partial charge in [0.25, 0.3) is 0 Å². The summed E-state index contributed by atoms with van der Waals surface area (Å²) < 4.78 is 21.2. The topological polar surface area (TPSA) is 36.9 Å². The highest BCUT2D eigenvalue weighted by molar-refractivity contribution is 6.60. The molecule has 0 saturated heterocycles. The molecule has 16 heavy (non-hydrogen) atoms. The second-order valence-corrected chi connectivity index (χ2v) is 6.50. The molecule has 0 radical (unpaired) electrons. The summed E-state index contributed by atoms with van der Waals surface area (Å²) in [5.41, 5.74) is 1.03. The third kappa shape index (κ3) is 7.31. The van der Waals surface area contributed by atoms with Gasteiger partial charge in [-0.15, -0.1) is 0 Å². The lowest BCUT2D eigenvalue weighted by Crippen LogP contribution is -2.42. The third-order valence-corrected chi connectivity index (χ3v) is 4.89. The second kappa shape index (κ2) is 10.2. The first kappa shape index (κ1) is 18.4. The molecule has 0 atom stereocenters. The minimum absolute atomic E-state index is 0. The largest absolute Gasteiger partial charge is 0.500 e. The van der Waals surface area contributed by atoms with Crippen LogP contribution in [0.3, 0.4) is 0 Å². The van der Waals surface area contributed by atoms with E-state index >= 15 is 0 Å². The molecule has 6 heteroatoms. The van der Waals surface area contributed by atoms with E-state index in [1.165, 1.54) is 0 Å². The van der Waals surface area contributed by atoms with Gasteiger partial charge in [-0.3, -0.25) is 0 Å². The zero-order chi connectivity index (χ0) is 11.7. The Kier molecular flexibility index (Phi) is 11.7. The van der Waals surface area contributed by atoms with Gasteiger partial charge in [-0.05, 0) is 24.3 Å². The van der Waals surface area contributed by atoms with Crippen LogP contribution < -0.4 is 0 Å². The number of rotatable bonds is 9. The van der Waals surface area contributed by atoms with Gasteiger partial charge in [0.1, 0.15) is 0 Å². The highest BCUT2D eigenvalue weighted by Crippen LogP contribution is 2.14. The van der Waals surface area contributed by atoms with E-state index in [4.69, 9.17) is 18.0 Å². The van der Waals surface area contributed by atoms with Crippen molar-refractivity contribution in [2.75, 3.05) is 34.5 Å². The van der Waals surface area contributed by atoms with Gasteiger partial charge in [-0.25, -0.2) is 0 Å². The van der Waals surface area contributed by atoms with Crippen LogP contribution in [0.25, 0.3) is 0 Å². The number of hydrogen-bond donors (Lipinski definition) is 0. The Bertz CT molecular complexity index is 175. The van der Waals surface area contributed by atoms with Crippen LogP contribution in [0.1, 0.15) is 13.3 Å². The monoisotopic (exact) mass is 266 g/mol. The Labute approximate surface area is 104 Å². The molecular formula is C10H26O4Si2. The zero-order valence-electron chi connectivity index (χ0n) is 10.2. The molecule has 0 unspecified atom stereocenters. The standard InChI is InChI=1S/C10H22O4Si.H4Si/c1-10(2)9-14-7-6-8-15(11-3,12-4)13-5;/h1,6-9H2,2-5H3;1H4. The molecule has 0 heterocycles. The average molecular weight is 266 g/mol. The summed E-state index contributed by atoms with van der Waals surface area (Å²) in [7, 11) is 2.46. The molecule has 0 aliphatic carbocycles. The van der Waals surface area contributed by atoms with Gasteiger partial charge in [0.2, 0.25) is 0 Å². The van der Waals surface area contributed by atoms with Gasteiger partial charge in [0.15, 0.2) is 0 Å². The Morgan fingerprint density at radius 3 is 2.00 bits per heavy atom. The highest BCUT2D eigenvalue weighted by Gasteiger charge is 2.36. The maximum atomic E-state index is 5.38. The summed E-state index contributed by atoms with van der Waals surface area (Å²) >= 11 is 0. The summed E-state index contributed by atoms with van der Waals surface area (Å²) in [6, 6.07) is 0.771. The predicted molar refractivity (Wildman–Crippen MR) is 73.2 cm³/mol. The lowest BCUT2D eigenvalue weighted by molar-refractivity contribution is 0.113. The van der Waals surface area contributed by atoms with Gasteiger partial charge < -0.3 is 18.0 Å². The highest BCUT2D eigenvalue weighted by atomic mass is 28.4. The first-order valence-electron chi connectivity index (χ1n) is 4.98. The molecule has 0 fully saturated rings. The van der Waals surface area contributed by atoms with Crippen LogP contribution in [-0.2, 0) is 18.0 Å². The molecule has 0 bridgehead atoms. The zero-order valence-corrected chi connectivity index (χ0v) is 11.2. The van der Waals surface area contributed by atoms with Gasteiger partial charge >= 0.3 is 8.80 Å². The summed E-state index contributed by atoms with van der Waals surface area (Å²) in [5.74, 6) is 0. The van der Waals surface area contributed by atoms with Crippen LogP contribution in [0.4, 0.5) is 0 Å². The first-order chi connectivity index (χ1) is 7.10. The van der Waals surface area contributed by atoms with Crippen molar-refractivity contribution in [3.8, 4) is 0 Å². The number of ether oxygens (including phenoxy) is 1. The summed E-state index contributed by atoms with van der Waals surface area (Å²) in [4.78, 5) is 0. The molecule has 0 aliphatic heterocycles. The average Bonchev–Trinajstić information content (AvgIpc) is 2.24. The van der Waals surface area contributed by atoms with Gasteiger partial charge in [-0.1, -0.05) is 12.2 Å². The van der Waals surface area contributed by atoms with Crippen LogP contribution in [0.5, 0.6) is 0 Å². The van der Waals surface area contributed by atoms with Crippen LogP contribution in [0.2, 0.25) is 6.04 Å². The summed E-state index contributed by atoms with van der Waals surface area (Å²) in [6.07, 6.45) is 0.870. The van der Waals surface area contributed by atoms with Crippen molar-refractivity contribution in [3.05, 3.63) is 12.2 Å². The lowest BCUT2D eigenvalue weighted by Gasteiger charge is -2.24. The predicted octanol–water partition coefficient (Wildman–Crippen LogP) is 0.396. The molecule has 4 nitrogen and oxygen atoms in total. The van der Waals surface area contributed by atoms with Crippen LogP contribution >= 0.6 is 0 Å². The Morgan fingerprint density at radius 1 is 1.12 bits per heavy atom. The molecule has 0 N–H and O–H groups in total.